The van der Waals surface area contributed by atoms with Gasteiger partial charge in [0.05, 0.1) is 17.2 Å². The lowest BCUT2D eigenvalue weighted by molar-refractivity contribution is 0.229. The summed E-state index contributed by atoms with van der Waals surface area (Å²) in [6.45, 7) is 5.66. The summed E-state index contributed by atoms with van der Waals surface area (Å²) in [4.78, 5) is 14.6. The maximum Gasteiger partial charge on any atom is 0.138 e. The van der Waals surface area contributed by atoms with Gasteiger partial charge in [-0.2, -0.15) is 0 Å². The van der Waals surface area contributed by atoms with E-state index in [0.29, 0.717) is 0 Å². The first kappa shape index (κ1) is 16.2. The Kier molecular flexibility index (Phi) is 5.04. The number of likely N-dealkylation sites (tertiary alicyclic amines) is 1. The Bertz CT molecular complexity index is 769. The third kappa shape index (κ3) is 4.06. The molecule has 0 radical (unpaired) electrons. The van der Waals surface area contributed by atoms with Gasteiger partial charge in [0.1, 0.15) is 5.82 Å². The molecule has 25 heavy (non-hydrogen) atoms. The molecule has 5 nitrogen and oxygen atoms in total. The zero-order valence-corrected chi connectivity index (χ0v) is 14.5. The van der Waals surface area contributed by atoms with Crippen LogP contribution in [0.2, 0.25) is 0 Å². The molecule has 1 saturated heterocycles. The lowest BCUT2D eigenvalue weighted by Crippen LogP contribution is -2.35. The highest BCUT2D eigenvalue weighted by atomic mass is 15.1. The number of hydrogen-bond donors (Lipinski definition) is 2. The van der Waals surface area contributed by atoms with Gasteiger partial charge in [0.2, 0.25) is 0 Å². The van der Waals surface area contributed by atoms with Crippen LogP contribution in [0.4, 0.5) is 0 Å². The average molecular weight is 335 g/mol. The van der Waals surface area contributed by atoms with Gasteiger partial charge in [-0.05, 0) is 37.6 Å². The number of H-pyrrole nitrogens is 1. The zero-order chi connectivity index (χ0) is 16.9. The molecule has 1 aromatic carbocycles. The number of aromatic amines is 1. The van der Waals surface area contributed by atoms with E-state index in [4.69, 9.17) is 0 Å². The highest BCUT2D eigenvalue weighted by Crippen LogP contribution is 2.20. The number of pyridine rings is 1. The molecular formula is C20H25N5. The summed E-state index contributed by atoms with van der Waals surface area (Å²) in [7, 11) is 0. The quantitative estimate of drug-likeness (QED) is 0.679. The van der Waals surface area contributed by atoms with Crippen molar-refractivity contribution in [2.24, 2.45) is 0 Å². The van der Waals surface area contributed by atoms with Crippen molar-refractivity contribution in [2.45, 2.75) is 25.8 Å². The molecule has 3 aromatic rings. The second kappa shape index (κ2) is 7.76. The van der Waals surface area contributed by atoms with Gasteiger partial charge >= 0.3 is 0 Å². The molecule has 1 aliphatic rings. The van der Waals surface area contributed by atoms with E-state index in [9.17, 15) is 0 Å². The van der Waals surface area contributed by atoms with Crippen LogP contribution in [0.3, 0.4) is 0 Å². The average Bonchev–Trinajstić information content (AvgIpc) is 3.11. The van der Waals surface area contributed by atoms with E-state index in [1.165, 1.54) is 37.9 Å². The first-order valence-electron chi connectivity index (χ1n) is 9.21. The third-order valence-corrected chi connectivity index (χ3v) is 4.89. The van der Waals surface area contributed by atoms with Crippen molar-refractivity contribution in [3.8, 4) is 11.4 Å². The number of benzene rings is 1. The molecule has 4 rings (SSSR count). The van der Waals surface area contributed by atoms with Crippen LogP contribution in [0, 0.1) is 0 Å². The molecule has 0 atom stereocenters. The van der Waals surface area contributed by atoms with Gasteiger partial charge in [-0.25, -0.2) is 4.98 Å². The van der Waals surface area contributed by atoms with Gasteiger partial charge in [0, 0.05) is 31.4 Å². The summed E-state index contributed by atoms with van der Waals surface area (Å²) >= 11 is 0. The molecule has 130 valence electrons. The molecule has 0 spiro atoms. The van der Waals surface area contributed by atoms with Crippen LogP contribution in [0.5, 0.6) is 0 Å². The van der Waals surface area contributed by atoms with E-state index in [0.717, 1.165) is 42.1 Å². The van der Waals surface area contributed by atoms with Gasteiger partial charge in [-0.1, -0.05) is 30.7 Å². The third-order valence-electron chi connectivity index (χ3n) is 4.89. The fourth-order valence-corrected chi connectivity index (χ4v) is 3.43. The molecular weight excluding hydrogens is 310 g/mol. The number of imidazole rings is 1. The molecule has 1 aliphatic heterocycles. The lowest BCUT2D eigenvalue weighted by Gasteiger charge is -2.26. The van der Waals surface area contributed by atoms with Gasteiger partial charge in [0.25, 0.3) is 0 Å². The Morgan fingerprint density at radius 1 is 1.04 bits per heavy atom. The molecule has 0 saturated carbocycles. The highest BCUT2D eigenvalue weighted by Gasteiger charge is 2.09. The van der Waals surface area contributed by atoms with Crippen LogP contribution in [0.15, 0.2) is 42.7 Å². The molecule has 1 fully saturated rings. The summed E-state index contributed by atoms with van der Waals surface area (Å²) in [5, 5.41) is 3.56. The molecule has 2 N–H and O–H groups in total. The van der Waals surface area contributed by atoms with Crippen LogP contribution < -0.4 is 5.32 Å². The Morgan fingerprint density at radius 3 is 2.68 bits per heavy atom. The smallest absolute Gasteiger partial charge is 0.138 e. The minimum atomic E-state index is 0.896. The number of nitrogens with zero attached hydrogens (tertiary/aromatic N) is 3. The van der Waals surface area contributed by atoms with Crippen molar-refractivity contribution in [3.63, 3.8) is 0 Å². The highest BCUT2D eigenvalue weighted by molar-refractivity contribution is 5.78. The molecule has 2 aromatic heterocycles. The molecule has 0 aliphatic carbocycles. The predicted octanol–water partition coefficient (Wildman–Crippen LogP) is 3.20. The fourth-order valence-electron chi connectivity index (χ4n) is 3.43. The fraction of sp³-hybridized carbons (Fsp3) is 0.400. The maximum absolute atomic E-state index is 4.62. The molecule has 5 heteroatoms. The summed E-state index contributed by atoms with van der Waals surface area (Å²) in [6, 6.07) is 10.5. The largest absolute Gasteiger partial charge is 0.337 e. The van der Waals surface area contributed by atoms with Crippen molar-refractivity contribution < 1.29 is 0 Å². The van der Waals surface area contributed by atoms with Crippen LogP contribution >= 0.6 is 0 Å². The van der Waals surface area contributed by atoms with Crippen molar-refractivity contribution >= 4 is 11.0 Å². The maximum atomic E-state index is 4.62. The second-order valence-corrected chi connectivity index (χ2v) is 6.75. The normalized spacial score (nSPS) is 15.7. The minimum absolute atomic E-state index is 0.896. The zero-order valence-electron chi connectivity index (χ0n) is 14.5. The van der Waals surface area contributed by atoms with E-state index >= 15 is 0 Å². The number of piperidine rings is 1. The van der Waals surface area contributed by atoms with E-state index in [-0.39, 0.29) is 0 Å². The van der Waals surface area contributed by atoms with Crippen LogP contribution in [-0.2, 0) is 6.54 Å². The molecule has 0 unspecified atom stereocenters. The topological polar surface area (TPSA) is 56.8 Å². The summed E-state index contributed by atoms with van der Waals surface area (Å²) < 4.78 is 0. The van der Waals surface area contributed by atoms with Crippen LogP contribution in [-0.4, -0.2) is 46.0 Å². The van der Waals surface area contributed by atoms with E-state index < -0.39 is 0 Å². The van der Waals surface area contributed by atoms with E-state index in [1.54, 1.807) is 6.20 Å². The van der Waals surface area contributed by atoms with Gasteiger partial charge in [-0.3, -0.25) is 4.98 Å². The van der Waals surface area contributed by atoms with Crippen molar-refractivity contribution in [3.05, 3.63) is 48.3 Å². The number of nitrogens with one attached hydrogen (secondary N) is 2. The Labute approximate surface area is 148 Å². The Morgan fingerprint density at radius 2 is 1.88 bits per heavy atom. The Balaban J connectivity index is 1.30. The van der Waals surface area contributed by atoms with Crippen LogP contribution in [0.1, 0.15) is 24.8 Å². The minimum Gasteiger partial charge on any atom is -0.337 e. The van der Waals surface area contributed by atoms with Crippen LogP contribution in [0.25, 0.3) is 22.4 Å². The monoisotopic (exact) mass is 335 g/mol. The van der Waals surface area contributed by atoms with Crippen molar-refractivity contribution in [1.82, 2.24) is 25.2 Å². The summed E-state index contributed by atoms with van der Waals surface area (Å²) in [5.74, 6) is 0.896. The summed E-state index contributed by atoms with van der Waals surface area (Å²) in [5.41, 5.74) is 4.34. The SMILES string of the molecule is c1cc2nc(-c3ccc(CNCCN4CCCCC4)cc3)[nH]c2cn1. The van der Waals surface area contributed by atoms with Crippen molar-refractivity contribution in [2.75, 3.05) is 26.2 Å². The summed E-state index contributed by atoms with van der Waals surface area (Å²) in [6.07, 6.45) is 7.70. The number of aromatic nitrogens is 3. The van der Waals surface area contributed by atoms with Gasteiger partial charge < -0.3 is 15.2 Å². The second-order valence-electron chi connectivity index (χ2n) is 6.75. The lowest BCUT2D eigenvalue weighted by atomic mass is 10.1. The number of fused-ring (bicyclic) bond motifs is 1. The Hall–Kier alpha value is -2.24. The number of hydrogen-bond acceptors (Lipinski definition) is 4. The first-order valence-corrected chi connectivity index (χ1v) is 9.21. The molecule has 3 heterocycles. The van der Waals surface area contributed by atoms with E-state index in [2.05, 4.69) is 49.4 Å². The predicted molar refractivity (Wildman–Crippen MR) is 101 cm³/mol. The number of rotatable bonds is 6. The van der Waals surface area contributed by atoms with Gasteiger partial charge in [0.15, 0.2) is 0 Å². The van der Waals surface area contributed by atoms with E-state index in [1.807, 2.05) is 12.3 Å². The molecule has 0 bridgehead atoms. The van der Waals surface area contributed by atoms with Crippen molar-refractivity contribution in [1.29, 1.82) is 0 Å². The van der Waals surface area contributed by atoms with Gasteiger partial charge in [-0.15, -0.1) is 0 Å². The standard InChI is InChI=1S/C20H25N5/c1-2-11-25(12-3-1)13-10-22-14-16-4-6-17(7-5-16)20-23-18-8-9-21-15-19(18)24-20/h4-9,15,22H,1-3,10-14H2,(H,23,24). The first-order chi connectivity index (χ1) is 12.4. The molecule has 0 amide bonds.